The van der Waals surface area contributed by atoms with Crippen molar-refractivity contribution in [1.29, 1.82) is 0 Å². The Morgan fingerprint density at radius 2 is 1.81 bits per heavy atom. The van der Waals surface area contributed by atoms with E-state index in [9.17, 15) is 19.1 Å². The van der Waals surface area contributed by atoms with Crippen LogP contribution in [0, 0.1) is 11.7 Å². The second-order valence-electron chi connectivity index (χ2n) is 6.94. The van der Waals surface area contributed by atoms with E-state index in [0.29, 0.717) is 4.47 Å². The van der Waals surface area contributed by atoms with Crippen molar-refractivity contribution < 1.29 is 14.3 Å². The van der Waals surface area contributed by atoms with Gasteiger partial charge in [0.2, 0.25) is 5.91 Å². The summed E-state index contributed by atoms with van der Waals surface area (Å²) in [6.45, 7) is 0.199. The maximum absolute atomic E-state index is 13.1. The third-order valence-corrected chi connectivity index (χ3v) is 5.53. The van der Waals surface area contributed by atoms with Gasteiger partial charge in [-0.15, -0.1) is 0 Å². The molecule has 2 N–H and O–H groups in total. The molecule has 1 aliphatic rings. The summed E-state index contributed by atoms with van der Waals surface area (Å²) in [4.78, 5) is 25.4. The summed E-state index contributed by atoms with van der Waals surface area (Å²) in [5.74, 6) is -1.00. The summed E-state index contributed by atoms with van der Waals surface area (Å²) in [6, 6.07) is 5.83. The van der Waals surface area contributed by atoms with Crippen molar-refractivity contribution in [3.8, 4) is 5.75 Å². The summed E-state index contributed by atoms with van der Waals surface area (Å²) < 4.78 is 14.8. The number of benzene rings is 1. The quantitative estimate of drug-likeness (QED) is 0.697. The van der Waals surface area contributed by atoms with Crippen molar-refractivity contribution in [1.82, 2.24) is 4.57 Å². The van der Waals surface area contributed by atoms with Gasteiger partial charge in [-0.2, -0.15) is 0 Å². The molecule has 0 atom stereocenters. The van der Waals surface area contributed by atoms with Crippen molar-refractivity contribution in [2.75, 3.05) is 5.32 Å². The molecule has 27 heavy (non-hydrogen) atoms. The van der Waals surface area contributed by atoms with Gasteiger partial charge >= 0.3 is 0 Å². The first kappa shape index (κ1) is 19.6. The Bertz CT molecular complexity index is 872. The molecule has 0 bridgehead atoms. The highest BCUT2D eigenvalue weighted by Gasteiger charge is 2.23. The average molecular weight is 437 g/mol. The Labute approximate surface area is 165 Å². The number of rotatable bonds is 4. The molecule has 0 saturated heterocycles. The molecule has 0 radical (unpaired) electrons. The van der Waals surface area contributed by atoms with Crippen LogP contribution in [-0.4, -0.2) is 15.6 Å². The molecule has 1 aliphatic carbocycles. The van der Waals surface area contributed by atoms with Gasteiger partial charge in [0.1, 0.15) is 5.82 Å². The Hall–Kier alpha value is -2.15. The standard InChI is InChI=1S/C20H22BrFN2O3/c21-16-12-24(11-13-7-9-15(22)10-8-13)20(27)17(18(16)25)23-19(26)14-5-3-1-2-4-6-14/h7-10,12,14,25H,1-6,11H2,(H,23,26). The lowest BCUT2D eigenvalue weighted by molar-refractivity contribution is -0.120. The highest BCUT2D eigenvalue weighted by atomic mass is 79.9. The highest BCUT2D eigenvalue weighted by molar-refractivity contribution is 9.10. The molecule has 144 valence electrons. The van der Waals surface area contributed by atoms with Crippen molar-refractivity contribution in [3.05, 3.63) is 56.7 Å². The van der Waals surface area contributed by atoms with Gasteiger partial charge in [0, 0.05) is 12.1 Å². The van der Waals surface area contributed by atoms with Crippen LogP contribution in [0.15, 0.2) is 39.7 Å². The van der Waals surface area contributed by atoms with Gasteiger partial charge < -0.3 is 15.0 Å². The number of anilines is 1. The fraction of sp³-hybridized carbons (Fsp3) is 0.400. The maximum atomic E-state index is 13.1. The fourth-order valence-electron chi connectivity index (χ4n) is 3.40. The smallest absolute Gasteiger partial charge is 0.278 e. The van der Waals surface area contributed by atoms with Crippen LogP contribution in [0.2, 0.25) is 0 Å². The third-order valence-electron chi connectivity index (χ3n) is 4.95. The van der Waals surface area contributed by atoms with Gasteiger partial charge in [-0.1, -0.05) is 37.8 Å². The number of hydrogen-bond acceptors (Lipinski definition) is 3. The number of halogens is 2. The minimum atomic E-state index is -0.498. The lowest BCUT2D eigenvalue weighted by Crippen LogP contribution is -2.29. The molecule has 5 nitrogen and oxygen atoms in total. The van der Waals surface area contributed by atoms with Crippen LogP contribution in [-0.2, 0) is 11.3 Å². The first-order valence-corrected chi connectivity index (χ1v) is 9.92. The molecular formula is C20H22BrFN2O3. The number of amides is 1. The summed E-state index contributed by atoms with van der Waals surface area (Å²) in [6.07, 6.45) is 7.29. The largest absolute Gasteiger partial charge is 0.504 e. The minimum absolute atomic E-state index is 0.124. The zero-order valence-corrected chi connectivity index (χ0v) is 16.5. The van der Waals surface area contributed by atoms with E-state index in [1.54, 1.807) is 12.1 Å². The van der Waals surface area contributed by atoms with E-state index in [0.717, 1.165) is 44.1 Å². The average Bonchev–Trinajstić information content (AvgIpc) is 2.94. The van der Waals surface area contributed by atoms with Crippen LogP contribution in [0.5, 0.6) is 5.75 Å². The molecule has 1 fully saturated rings. The lowest BCUT2D eigenvalue weighted by Gasteiger charge is -2.16. The molecule has 1 saturated carbocycles. The van der Waals surface area contributed by atoms with Gasteiger partial charge in [-0.3, -0.25) is 9.59 Å². The summed E-state index contributed by atoms with van der Waals surface area (Å²) in [5, 5.41) is 12.9. The highest BCUT2D eigenvalue weighted by Crippen LogP contribution is 2.30. The number of pyridine rings is 1. The van der Waals surface area contributed by atoms with Crippen molar-refractivity contribution in [2.45, 2.75) is 45.1 Å². The van der Waals surface area contributed by atoms with Gasteiger partial charge in [0.05, 0.1) is 11.0 Å². The number of aromatic nitrogens is 1. The van der Waals surface area contributed by atoms with E-state index in [2.05, 4.69) is 21.2 Å². The van der Waals surface area contributed by atoms with Crippen LogP contribution in [0.25, 0.3) is 0 Å². The monoisotopic (exact) mass is 436 g/mol. The second kappa shape index (κ2) is 8.69. The first-order valence-electron chi connectivity index (χ1n) is 9.13. The van der Waals surface area contributed by atoms with Crippen LogP contribution in [0.1, 0.15) is 44.1 Å². The van der Waals surface area contributed by atoms with Gasteiger partial charge in [0.25, 0.3) is 5.56 Å². The minimum Gasteiger partial charge on any atom is -0.504 e. The Morgan fingerprint density at radius 1 is 1.19 bits per heavy atom. The molecule has 1 heterocycles. The van der Waals surface area contributed by atoms with Crippen molar-refractivity contribution in [2.24, 2.45) is 5.92 Å². The summed E-state index contributed by atoms with van der Waals surface area (Å²) in [5.41, 5.74) is 0.111. The number of aromatic hydroxyl groups is 1. The number of carbonyl (C=O) groups excluding carboxylic acids is 1. The SMILES string of the molecule is O=C(Nc1c(O)c(Br)cn(Cc2ccc(F)cc2)c1=O)C1CCCCCC1. The van der Waals surface area contributed by atoms with E-state index >= 15 is 0 Å². The van der Waals surface area contributed by atoms with Crippen LogP contribution < -0.4 is 10.9 Å². The van der Waals surface area contributed by atoms with Gasteiger partial charge in [-0.05, 0) is 46.5 Å². The number of nitrogens with one attached hydrogen (secondary N) is 1. The molecule has 2 aromatic rings. The second-order valence-corrected chi connectivity index (χ2v) is 7.79. The van der Waals surface area contributed by atoms with Crippen molar-refractivity contribution >= 4 is 27.5 Å². The Kier molecular flexibility index (Phi) is 6.31. The van der Waals surface area contributed by atoms with E-state index in [-0.39, 0.29) is 35.6 Å². The van der Waals surface area contributed by atoms with Crippen molar-refractivity contribution in [3.63, 3.8) is 0 Å². The lowest BCUT2D eigenvalue weighted by atomic mass is 9.99. The molecule has 1 aromatic carbocycles. The Morgan fingerprint density at radius 3 is 2.44 bits per heavy atom. The van der Waals surface area contributed by atoms with E-state index < -0.39 is 5.56 Å². The van der Waals surface area contributed by atoms with Gasteiger partial charge in [-0.25, -0.2) is 4.39 Å². The molecular weight excluding hydrogens is 415 g/mol. The van der Waals surface area contributed by atoms with E-state index in [4.69, 9.17) is 0 Å². The molecule has 0 spiro atoms. The fourth-order valence-corrected chi connectivity index (χ4v) is 3.85. The number of carbonyl (C=O) groups is 1. The number of nitrogens with zero attached hydrogens (tertiary/aromatic N) is 1. The Balaban J connectivity index is 1.86. The summed E-state index contributed by atoms with van der Waals surface area (Å²) in [7, 11) is 0. The zero-order chi connectivity index (χ0) is 19.4. The first-order chi connectivity index (χ1) is 13.0. The van der Waals surface area contributed by atoms with Crippen LogP contribution in [0.3, 0.4) is 0 Å². The molecule has 7 heteroatoms. The normalized spacial score (nSPS) is 15.3. The van der Waals surface area contributed by atoms with Gasteiger partial charge in [0.15, 0.2) is 11.4 Å². The topological polar surface area (TPSA) is 71.3 Å². The van der Waals surface area contributed by atoms with E-state index in [1.807, 2.05) is 0 Å². The molecule has 1 aromatic heterocycles. The number of hydrogen-bond donors (Lipinski definition) is 2. The predicted molar refractivity (Wildman–Crippen MR) is 105 cm³/mol. The van der Waals surface area contributed by atoms with E-state index in [1.165, 1.54) is 22.9 Å². The van der Waals surface area contributed by atoms with Crippen LogP contribution in [0.4, 0.5) is 10.1 Å². The maximum Gasteiger partial charge on any atom is 0.278 e. The van der Waals surface area contributed by atoms with Crippen LogP contribution >= 0.6 is 15.9 Å². The third kappa shape index (κ3) is 4.77. The molecule has 0 unspecified atom stereocenters. The molecule has 1 amide bonds. The molecule has 3 rings (SSSR count). The predicted octanol–water partition coefficient (Wildman–Crippen LogP) is 4.41. The zero-order valence-electron chi connectivity index (χ0n) is 14.9. The molecule has 0 aliphatic heterocycles. The summed E-state index contributed by atoms with van der Waals surface area (Å²) >= 11 is 3.23.